The third-order valence-corrected chi connectivity index (χ3v) is 4.70. The molecule has 0 aliphatic heterocycles. The van der Waals surface area contributed by atoms with Gasteiger partial charge in [0.15, 0.2) is 0 Å². The van der Waals surface area contributed by atoms with E-state index in [0.717, 1.165) is 5.75 Å². The largest absolute Gasteiger partial charge is 0.407 e. The van der Waals surface area contributed by atoms with Crippen LogP contribution in [0.4, 0.5) is 6.01 Å². The molecule has 2 N–H and O–H groups in total. The van der Waals surface area contributed by atoms with Crippen LogP contribution in [0.2, 0.25) is 0 Å². The van der Waals surface area contributed by atoms with Gasteiger partial charge in [0, 0.05) is 16.8 Å². The van der Waals surface area contributed by atoms with E-state index in [0.29, 0.717) is 29.7 Å². The lowest BCUT2D eigenvalue weighted by Gasteiger charge is -2.19. The van der Waals surface area contributed by atoms with E-state index < -0.39 is 0 Å². The van der Waals surface area contributed by atoms with Gasteiger partial charge in [0.25, 0.3) is 0 Å². The lowest BCUT2D eigenvalue weighted by atomic mass is 10.1. The first-order chi connectivity index (χ1) is 9.48. The number of thioether (sulfide) groups is 1. The third kappa shape index (κ3) is 4.66. The van der Waals surface area contributed by atoms with E-state index in [2.05, 4.69) is 48.5 Å². The van der Waals surface area contributed by atoms with Crippen LogP contribution in [0.5, 0.6) is 0 Å². The summed E-state index contributed by atoms with van der Waals surface area (Å²) in [7, 11) is 0. The normalized spacial score (nSPS) is 23.2. The van der Waals surface area contributed by atoms with Crippen molar-refractivity contribution in [2.45, 2.75) is 70.3 Å². The van der Waals surface area contributed by atoms with Crippen LogP contribution in [0.1, 0.15) is 52.8 Å². The standard InChI is InChI=1S/C14H26N4OS/c1-5-20-11-8-6-7-10(11)16-13-18-17-12(19-13)9-15-14(2,3)4/h10-11,15H,5-9H2,1-4H3,(H,16,18). The van der Waals surface area contributed by atoms with Crippen molar-refractivity contribution >= 4 is 17.8 Å². The Morgan fingerprint density at radius 1 is 1.30 bits per heavy atom. The Labute approximate surface area is 125 Å². The maximum Gasteiger partial charge on any atom is 0.315 e. The minimum Gasteiger partial charge on any atom is -0.407 e. The zero-order chi connectivity index (χ0) is 14.6. The third-order valence-electron chi connectivity index (χ3n) is 3.38. The van der Waals surface area contributed by atoms with Crippen molar-refractivity contribution in [2.24, 2.45) is 0 Å². The van der Waals surface area contributed by atoms with Crippen molar-refractivity contribution in [3.63, 3.8) is 0 Å². The minimum absolute atomic E-state index is 0.0520. The molecule has 0 saturated heterocycles. The number of anilines is 1. The second-order valence-corrected chi connectivity index (χ2v) is 7.80. The van der Waals surface area contributed by atoms with Gasteiger partial charge < -0.3 is 15.1 Å². The van der Waals surface area contributed by atoms with E-state index in [1.54, 1.807) is 0 Å². The summed E-state index contributed by atoms with van der Waals surface area (Å²) in [6.07, 6.45) is 3.75. The van der Waals surface area contributed by atoms with Gasteiger partial charge in [-0.2, -0.15) is 11.8 Å². The molecule has 0 amide bonds. The van der Waals surface area contributed by atoms with Crippen LogP contribution in [0.15, 0.2) is 4.42 Å². The van der Waals surface area contributed by atoms with Gasteiger partial charge >= 0.3 is 6.01 Å². The number of nitrogens with zero attached hydrogens (tertiary/aromatic N) is 2. The van der Waals surface area contributed by atoms with Crippen LogP contribution >= 0.6 is 11.8 Å². The van der Waals surface area contributed by atoms with Crippen LogP contribution < -0.4 is 10.6 Å². The first-order valence-corrected chi connectivity index (χ1v) is 8.48. The van der Waals surface area contributed by atoms with E-state index >= 15 is 0 Å². The molecule has 2 unspecified atom stereocenters. The highest BCUT2D eigenvalue weighted by molar-refractivity contribution is 7.99. The maximum atomic E-state index is 5.66. The Kier molecular flexibility index (Phi) is 5.32. The molecule has 0 spiro atoms. The Balaban J connectivity index is 1.86. The molecular weight excluding hydrogens is 272 g/mol. The molecule has 5 nitrogen and oxygen atoms in total. The Hall–Kier alpha value is -0.750. The van der Waals surface area contributed by atoms with Gasteiger partial charge in [-0.1, -0.05) is 18.4 Å². The number of hydrogen-bond donors (Lipinski definition) is 2. The molecule has 1 heterocycles. The van der Waals surface area contributed by atoms with E-state index in [9.17, 15) is 0 Å². The summed E-state index contributed by atoms with van der Waals surface area (Å²) in [5.74, 6) is 1.80. The summed E-state index contributed by atoms with van der Waals surface area (Å²) in [6.45, 7) is 9.17. The fourth-order valence-electron chi connectivity index (χ4n) is 2.39. The molecule has 2 rings (SSSR count). The highest BCUT2D eigenvalue weighted by Crippen LogP contribution is 2.31. The molecular formula is C14H26N4OS. The molecule has 1 saturated carbocycles. The van der Waals surface area contributed by atoms with Gasteiger partial charge in [0.2, 0.25) is 5.89 Å². The predicted octanol–water partition coefficient (Wildman–Crippen LogP) is 3.04. The van der Waals surface area contributed by atoms with Crippen LogP contribution in [-0.2, 0) is 6.54 Å². The molecule has 1 fully saturated rings. The Bertz CT molecular complexity index is 416. The van der Waals surface area contributed by atoms with Crippen molar-refractivity contribution in [3.05, 3.63) is 5.89 Å². The van der Waals surface area contributed by atoms with E-state index in [4.69, 9.17) is 4.42 Å². The quantitative estimate of drug-likeness (QED) is 0.841. The average Bonchev–Trinajstić information content (AvgIpc) is 2.97. The fourth-order valence-corrected chi connectivity index (χ4v) is 3.59. The summed E-state index contributed by atoms with van der Waals surface area (Å²) in [6, 6.07) is 1.02. The van der Waals surface area contributed by atoms with E-state index in [1.165, 1.54) is 19.3 Å². The molecule has 0 radical (unpaired) electrons. The van der Waals surface area contributed by atoms with Gasteiger partial charge in [0.05, 0.1) is 6.54 Å². The molecule has 2 atom stereocenters. The van der Waals surface area contributed by atoms with Crippen LogP contribution in [0, 0.1) is 0 Å². The van der Waals surface area contributed by atoms with Gasteiger partial charge in [0.1, 0.15) is 0 Å². The highest BCUT2D eigenvalue weighted by atomic mass is 32.2. The summed E-state index contributed by atoms with van der Waals surface area (Å²) in [4.78, 5) is 0. The first-order valence-electron chi connectivity index (χ1n) is 7.43. The van der Waals surface area contributed by atoms with Crippen LogP contribution in [-0.4, -0.2) is 32.8 Å². The lowest BCUT2D eigenvalue weighted by molar-refractivity contribution is 0.383. The molecule has 0 bridgehead atoms. The first kappa shape index (κ1) is 15.6. The van der Waals surface area contributed by atoms with Gasteiger partial charge in [-0.05, 0) is 39.4 Å². The summed E-state index contributed by atoms with van der Waals surface area (Å²) in [5.41, 5.74) is 0.0520. The average molecular weight is 298 g/mol. The van der Waals surface area contributed by atoms with E-state index in [1.807, 2.05) is 11.8 Å². The lowest BCUT2D eigenvalue weighted by Crippen LogP contribution is -2.35. The highest BCUT2D eigenvalue weighted by Gasteiger charge is 2.28. The van der Waals surface area contributed by atoms with Crippen molar-refractivity contribution in [3.8, 4) is 0 Å². The monoisotopic (exact) mass is 298 g/mol. The second kappa shape index (κ2) is 6.80. The molecule has 1 aliphatic carbocycles. The van der Waals surface area contributed by atoms with Gasteiger partial charge in [-0.3, -0.25) is 0 Å². The molecule has 0 aromatic carbocycles. The summed E-state index contributed by atoms with van der Waals surface area (Å²) in [5, 5.41) is 15.6. The number of rotatable bonds is 6. The van der Waals surface area contributed by atoms with Gasteiger partial charge in [-0.15, -0.1) is 5.10 Å². The Morgan fingerprint density at radius 2 is 2.10 bits per heavy atom. The van der Waals surface area contributed by atoms with Crippen molar-refractivity contribution in [1.82, 2.24) is 15.5 Å². The number of nitrogens with one attached hydrogen (secondary N) is 2. The molecule has 1 aromatic rings. The van der Waals surface area contributed by atoms with E-state index in [-0.39, 0.29) is 5.54 Å². The zero-order valence-corrected chi connectivity index (χ0v) is 13.7. The molecule has 114 valence electrons. The van der Waals surface area contributed by atoms with Crippen LogP contribution in [0.25, 0.3) is 0 Å². The van der Waals surface area contributed by atoms with Crippen molar-refractivity contribution in [2.75, 3.05) is 11.1 Å². The topological polar surface area (TPSA) is 63.0 Å². The molecule has 6 heteroatoms. The number of hydrogen-bond acceptors (Lipinski definition) is 6. The molecule has 20 heavy (non-hydrogen) atoms. The predicted molar refractivity (Wildman–Crippen MR) is 84.1 cm³/mol. The zero-order valence-electron chi connectivity index (χ0n) is 12.9. The number of aromatic nitrogens is 2. The Morgan fingerprint density at radius 3 is 2.80 bits per heavy atom. The van der Waals surface area contributed by atoms with Crippen LogP contribution in [0.3, 0.4) is 0 Å². The van der Waals surface area contributed by atoms with Crippen molar-refractivity contribution in [1.29, 1.82) is 0 Å². The fraction of sp³-hybridized carbons (Fsp3) is 0.857. The smallest absolute Gasteiger partial charge is 0.315 e. The SMILES string of the molecule is CCSC1CCCC1Nc1nnc(CNC(C)(C)C)o1. The maximum absolute atomic E-state index is 5.66. The minimum atomic E-state index is 0.0520. The van der Waals surface area contributed by atoms with Gasteiger partial charge in [-0.25, -0.2) is 0 Å². The summed E-state index contributed by atoms with van der Waals surface area (Å²) >= 11 is 2.02. The molecule has 1 aromatic heterocycles. The summed E-state index contributed by atoms with van der Waals surface area (Å²) < 4.78 is 5.66. The van der Waals surface area contributed by atoms with Crippen molar-refractivity contribution < 1.29 is 4.42 Å². The molecule has 1 aliphatic rings. The second-order valence-electron chi connectivity index (χ2n) is 6.28.